The molecule has 1 amide bonds. The van der Waals surface area contributed by atoms with Crippen molar-refractivity contribution in [3.8, 4) is 5.75 Å². The SMILES string of the molecule is COC(=O)COc1ccccc1/C=C1/C(=O)N(C2CCCCC2)C(=S)N1C. The van der Waals surface area contributed by atoms with E-state index in [1.54, 1.807) is 21.9 Å². The molecule has 0 atom stereocenters. The number of likely N-dealkylation sites (N-methyl/N-ethyl adjacent to an activating group) is 1. The van der Waals surface area contributed by atoms with Crippen LogP contribution in [0.25, 0.3) is 6.08 Å². The van der Waals surface area contributed by atoms with E-state index in [4.69, 9.17) is 17.0 Å². The summed E-state index contributed by atoms with van der Waals surface area (Å²) in [5, 5.41) is 0.547. The molecule has 3 rings (SSSR count). The molecule has 1 aromatic rings. The van der Waals surface area contributed by atoms with E-state index in [-0.39, 0.29) is 18.6 Å². The molecule has 1 aliphatic heterocycles. The minimum absolute atomic E-state index is 0.0721. The maximum atomic E-state index is 13.1. The van der Waals surface area contributed by atoms with E-state index in [1.807, 2.05) is 25.2 Å². The smallest absolute Gasteiger partial charge is 0.343 e. The average Bonchev–Trinajstić information content (AvgIpc) is 2.91. The quantitative estimate of drug-likeness (QED) is 0.439. The van der Waals surface area contributed by atoms with Crippen molar-refractivity contribution in [3.63, 3.8) is 0 Å². The summed E-state index contributed by atoms with van der Waals surface area (Å²) in [5.74, 6) is -0.0213. The van der Waals surface area contributed by atoms with E-state index < -0.39 is 5.97 Å². The highest BCUT2D eigenvalue weighted by atomic mass is 32.1. The van der Waals surface area contributed by atoms with Crippen molar-refractivity contribution in [2.75, 3.05) is 20.8 Å². The van der Waals surface area contributed by atoms with Gasteiger partial charge in [0.1, 0.15) is 11.4 Å². The lowest BCUT2D eigenvalue weighted by atomic mass is 9.94. The van der Waals surface area contributed by atoms with Crippen molar-refractivity contribution in [2.45, 2.75) is 38.1 Å². The summed E-state index contributed by atoms with van der Waals surface area (Å²) in [4.78, 5) is 27.9. The molecular formula is C20H24N2O4S. The summed E-state index contributed by atoms with van der Waals surface area (Å²) in [5.41, 5.74) is 1.23. The summed E-state index contributed by atoms with van der Waals surface area (Å²) in [7, 11) is 3.12. The van der Waals surface area contributed by atoms with Crippen molar-refractivity contribution in [1.82, 2.24) is 9.80 Å². The molecular weight excluding hydrogens is 364 g/mol. The van der Waals surface area contributed by atoms with Crippen LogP contribution in [0.1, 0.15) is 37.7 Å². The van der Waals surface area contributed by atoms with E-state index in [0.717, 1.165) is 25.7 Å². The largest absolute Gasteiger partial charge is 0.481 e. The van der Waals surface area contributed by atoms with Crippen LogP contribution in [0, 0.1) is 0 Å². The van der Waals surface area contributed by atoms with Gasteiger partial charge in [-0.3, -0.25) is 9.69 Å². The first kappa shape index (κ1) is 19.4. The van der Waals surface area contributed by atoms with Gasteiger partial charge in [-0.05, 0) is 37.2 Å². The third kappa shape index (κ3) is 4.13. The second-order valence-electron chi connectivity index (χ2n) is 6.74. The van der Waals surface area contributed by atoms with Crippen LogP contribution in [0.5, 0.6) is 5.75 Å². The summed E-state index contributed by atoms with van der Waals surface area (Å²) < 4.78 is 10.2. The van der Waals surface area contributed by atoms with E-state index in [1.165, 1.54) is 13.5 Å². The van der Waals surface area contributed by atoms with Gasteiger partial charge in [0.05, 0.1) is 7.11 Å². The van der Waals surface area contributed by atoms with Crippen LogP contribution >= 0.6 is 12.2 Å². The Balaban J connectivity index is 1.85. The van der Waals surface area contributed by atoms with Crippen LogP contribution in [0.2, 0.25) is 0 Å². The molecule has 0 radical (unpaired) electrons. The first-order valence-corrected chi connectivity index (χ1v) is 9.55. The number of methoxy groups -OCH3 is 1. The van der Waals surface area contributed by atoms with Gasteiger partial charge in [0.2, 0.25) is 0 Å². The molecule has 7 heteroatoms. The summed E-state index contributed by atoms with van der Waals surface area (Å²) in [6.07, 6.45) is 7.23. The number of hydrogen-bond acceptors (Lipinski definition) is 5. The first-order chi connectivity index (χ1) is 13.0. The summed E-state index contributed by atoms with van der Waals surface area (Å²) in [6, 6.07) is 7.44. The standard InChI is InChI=1S/C20H24N2O4S/c1-21-16(19(24)22(20(21)27)15-9-4-3-5-10-15)12-14-8-6-7-11-17(14)26-13-18(23)25-2/h6-8,11-12,15H,3-5,9-10,13H2,1-2H3/b16-12-. The molecule has 1 aromatic carbocycles. The predicted octanol–water partition coefficient (Wildman–Crippen LogP) is 2.97. The maximum absolute atomic E-state index is 13.1. The normalized spacial score (nSPS) is 19.7. The van der Waals surface area contributed by atoms with Gasteiger partial charge in [-0.15, -0.1) is 0 Å². The Kier molecular flexibility index (Phi) is 6.11. The van der Waals surface area contributed by atoms with Crippen LogP contribution in [-0.2, 0) is 14.3 Å². The number of nitrogens with zero attached hydrogens (tertiary/aromatic N) is 2. The van der Waals surface area contributed by atoms with Gasteiger partial charge in [0, 0.05) is 18.7 Å². The van der Waals surface area contributed by atoms with Crippen molar-refractivity contribution >= 4 is 35.3 Å². The molecule has 2 fully saturated rings. The van der Waals surface area contributed by atoms with Gasteiger partial charge in [0.15, 0.2) is 11.7 Å². The Morgan fingerprint density at radius 3 is 2.67 bits per heavy atom. The fraction of sp³-hybridized carbons (Fsp3) is 0.450. The van der Waals surface area contributed by atoms with Gasteiger partial charge in [-0.2, -0.15) is 0 Å². The number of benzene rings is 1. The molecule has 0 unspecified atom stereocenters. The maximum Gasteiger partial charge on any atom is 0.343 e. The molecule has 0 N–H and O–H groups in total. The van der Waals surface area contributed by atoms with Gasteiger partial charge in [-0.1, -0.05) is 37.5 Å². The highest BCUT2D eigenvalue weighted by Gasteiger charge is 2.40. The molecule has 1 saturated carbocycles. The second kappa shape index (κ2) is 8.52. The van der Waals surface area contributed by atoms with Crippen LogP contribution in [0.15, 0.2) is 30.0 Å². The van der Waals surface area contributed by atoms with Crippen molar-refractivity contribution in [1.29, 1.82) is 0 Å². The molecule has 2 aliphatic rings. The number of hydrogen-bond donors (Lipinski definition) is 0. The molecule has 6 nitrogen and oxygen atoms in total. The van der Waals surface area contributed by atoms with Gasteiger partial charge in [0.25, 0.3) is 5.91 Å². The third-order valence-electron chi connectivity index (χ3n) is 5.02. The Morgan fingerprint density at radius 1 is 1.26 bits per heavy atom. The molecule has 1 aliphatic carbocycles. The number of esters is 1. The second-order valence-corrected chi connectivity index (χ2v) is 7.11. The fourth-order valence-electron chi connectivity index (χ4n) is 3.51. The van der Waals surface area contributed by atoms with E-state index >= 15 is 0 Å². The van der Waals surface area contributed by atoms with Gasteiger partial charge < -0.3 is 14.4 Å². The lowest BCUT2D eigenvalue weighted by molar-refractivity contribution is -0.142. The zero-order valence-electron chi connectivity index (χ0n) is 15.6. The average molecular weight is 388 g/mol. The van der Waals surface area contributed by atoms with Crippen LogP contribution in [-0.4, -0.2) is 53.6 Å². The Morgan fingerprint density at radius 2 is 1.96 bits per heavy atom. The van der Waals surface area contributed by atoms with Crippen LogP contribution < -0.4 is 4.74 Å². The minimum atomic E-state index is -0.462. The third-order valence-corrected chi connectivity index (χ3v) is 5.49. The summed E-state index contributed by atoms with van der Waals surface area (Å²) in [6.45, 7) is -0.187. The zero-order valence-corrected chi connectivity index (χ0v) is 16.5. The fourth-order valence-corrected chi connectivity index (χ4v) is 3.84. The lowest BCUT2D eigenvalue weighted by Crippen LogP contribution is -2.41. The zero-order chi connectivity index (χ0) is 19.4. The molecule has 27 heavy (non-hydrogen) atoms. The van der Waals surface area contributed by atoms with E-state index in [0.29, 0.717) is 22.1 Å². The molecule has 1 saturated heterocycles. The van der Waals surface area contributed by atoms with Gasteiger partial charge >= 0.3 is 5.97 Å². The van der Waals surface area contributed by atoms with Crippen LogP contribution in [0.3, 0.4) is 0 Å². The van der Waals surface area contributed by atoms with Crippen molar-refractivity contribution < 1.29 is 19.1 Å². The topological polar surface area (TPSA) is 59.1 Å². The Hall–Kier alpha value is -2.41. The van der Waals surface area contributed by atoms with E-state index in [2.05, 4.69) is 4.74 Å². The first-order valence-electron chi connectivity index (χ1n) is 9.14. The number of carbonyl (C=O) groups excluding carboxylic acids is 2. The molecule has 1 heterocycles. The molecule has 0 aromatic heterocycles. The lowest BCUT2D eigenvalue weighted by Gasteiger charge is -2.30. The molecule has 144 valence electrons. The predicted molar refractivity (Wildman–Crippen MR) is 106 cm³/mol. The van der Waals surface area contributed by atoms with Gasteiger partial charge in [-0.25, -0.2) is 4.79 Å². The number of para-hydroxylation sites is 1. The number of rotatable bonds is 5. The van der Waals surface area contributed by atoms with Crippen LogP contribution in [0.4, 0.5) is 0 Å². The minimum Gasteiger partial charge on any atom is -0.481 e. The van der Waals surface area contributed by atoms with Crippen molar-refractivity contribution in [3.05, 3.63) is 35.5 Å². The Labute approximate surface area is 164 Å². The number of carbonyl (C=O) groups is 2. The highest BCUT2D eigenvalue weighted by Crippen LogP contribution is 2.31. The monoisotopic (exact) mass is 388 g/mol. The number of thiocarbonyl (C=S) groups is 1. The van der Waals surface area contributed by atoms with Crippen molar-refractivity contribution in [2.24, 2.45) is 0 Å². The highest BCUT2D eigenvalue weighted by molar-refractivity contribution is 7.80. The Bertz CT molecular complexity index is 771. The number of amides is 1. The molecule has 0 bridgehead atoms. The summed E-state index contributed by atoms with van der Waals surface area (Å²) >= 11 is 5.55. The number of ether oxygens (including phenoxy) is 2. The van der Waals surface area contributed by atoms with E-state index in [9.17, 15) is 9.59 Å². The molecule has 0 spiro atoms.